The number of rotatable bonds is 4. The Labute approximate surface area is 128 Å². The van der Waals surface area contributed by atoms with Gasteiger partial charge in [0.15, 0.2) is 0 Å². The third-order valence-electron chi connectivity index (χ3n) is 5.68. The van der Waals surface area contributed by atoms with Gasteiger partial charge in [0, 0.05) is 25.7 Å². The number of hydrogen-bond acceptors (Lipinski definition) is 5. The lowest BCUT2D eigenvalue weighted by atomic mass is 9.87. The Morgan fingerprint density at radius 1 is 1.24 bits per heavy atom. The van der Waals surface area contributed by atoms with Crippen molar-refractivity contribution < 1.29 is 4.74 Å². The van der Waals surface area contributed by atoms with Crippen LogP contribution in [0, 0.1) is 17.2 Å². The Kier molecular flexibility index (Phi) is 4.80. The summed E-state index contributed by atoms with van der Waals surface area (Å²) in [6, 6.07) is 3.07. The number of nitrogens with two attached hydrogens (primary N) is 1. The second kappa shape index (κ2) is 6.62. The normalized spacial score (nSPS) is 38.7. The Morgan fingerprint density at radius 3 is 2.81 bits per heavy atom. The number of nitriles is 1. The molecule has 3 atom stereocenters. The molecule has 3 aliphatic rings. The van der Waals surface area contributed by atoms with Crippen LogP contribution in [-0.4, -0.2) is 67.3 Å². The maximum atomic E-state index is 9.29. The van der Waals surface area contributed by atoms with Crippen LogP contribution in [0.25, 0.3) is 0 Å². The summed E-state index contributed by atoms with van der Waals surface area (Å²) in [7, 11) is 0. The fourth-order valence-corrected chi connectivity index (χ4v) is 4.25. The lowest BCUT2D eigenvalue weighted by Crippen LogP contribution is -2.45. The van der Waals surface area contributed by atoms with Crippen molar-refractivity contribution in [3.8, 4) is 6.07 Å². The van der Waals surface area contributed by atoms with Gasteiger partial charge in [-0.3, -0.25) is 4.90 Å². The van der Waals surface area contributed by atoms with Gasteiger partial charge in [-0.05, 0) is 44.7 Å². The Balaban J connectivity index is 1.44. The molecule has 2 aliphatic heterocycles. The average Bonchev–Trinajstić information content (AvgIpc) is 3.13. The van der Waals surface area contributed by atoms with Gasteiger partial charge in [-0.25, -0.2) is 0 Å². The first kappa shape index (κ1) is 15.2. The van der Waals surface area contributed by atoms with Crippen LogP contribution in [0.4, 0.5) is 0 Å². The highest BCUT2D eigenvalue weighted by molar-refractivity contribution is 5.12. The lowest BCUT2D eigenvalue weighted by Gasteiger charge is -2.32. The van der Waals surface area contributed by atoms with Gasteiger partial charge in [0.2, 0.25) is 0 Å². The molecule has 118 valence electrons. The minimum atomic E-state index is -0.552. The summed E-state index contributed by atoms with van der Waals surface area (Å²) in [5.41, 5.74) is 5.68. The number of morpholine rings is 1. The van der Waals surface area contributed by atoms with Gasteiger partial charge in [-0.2, -0.15) is 5.26 Å². The summed E-state index contributed by atoms with van der Waals surface area (Å²) in [5, 5.41) is 9.29. The highest BCUT2D eigenvalue weighted by Crippen LogP contribution is 2.35. The van der Waals surface area contributed by atoms with Crippen LogP contribution in [0.3, 0.4) is 0 Å². The molecule has 3 fully saturated rings. The topological polar surface area (TPSA) is 65.5 Å². The fraction of sp³-hybridized carbons (Fsp3) is 0.938. The van der Waals surface area contributed by atoms with Gasteiger partial charge in [0.1, 0.15) is 5.54 Å². The van der Waals surface area contributed by atoms with Crippen LogP contribution >= 0.6 is 0 Å². The third kappa shape index (κ3) is 3.40. The molecule has 3 unspecified atom stereocenters. The van der Waals surface area contributed by atoms with Gasteiger partial charge in [-0.15, -0.1) is 0 Å². The minimum Gasteiger partial charge on any atom is -0.379 e. The van der Waals surface area contributed by atoms with Crippen molar-refractivity contribution in [1.82, 2.24) is 9.80 Å². The quantitative estimate of drug-likeness (QED) is 0.830. The molecule has 0 aromatic rings. The molecule has 5 nitrogen and oxygen atoms in total. The van der Waals surface area contributed by atoms with Crippen LogP contribution in [0.1, 0.15) is 32.1 Å². The maximum Gasteiger partial charge on any atom is 0.107 e. The van der Waals surface area contributed by atoms with E-state index in [1.54, 1.807) is 0 Å². The molecule has 0 spiro atoms. The zero-order chi connectivity index (χ0) is 14.7. The van der Waals surface area contributed by atoms with Crippen molar-refractivity contribution in [2.45, 2.75) is 43.7 Å². The number of likely N-dealkylation sites (tertiary alicyclic amines) is 1. The number of ether oxygens (including phenoxy) is 1. The van der Waals surface area contributed by atoms with Crippen molar-refractivity contribution >= 4 is 0 Å². The van der Waals surface area contributed by atoms with E-state index in [2.05, 4.69) is 15.9 Å². The first-order valence-corrected chi connectivity index (χ1v) is 8.45. The maximum absolute atomic E-state index is 9.29. The van der Waals surface area contributed by atoms with Crippen molar-refractivity contribution in [1.29, 1.82) is 5.26 Å². The standard InChI is InChI=1S/C16H28N4O/c17-13-16(18)5-1-2-14(16)3-6-19-7-4-15(12-19)20-8-10-21-11-9-20/h14-15H,1-12,18H2. The van der Waals surface area contributed by atoms with E-state index in [-0.39, 0.29) is 0 Å². The fourth-order valence-electron chi connectivity index (χ4n) is 4.25. The van der Waals surface area contributed by atoms with Crippen LogP contribution in [0.5, 0.6) is 0 Å². The minimum absolute atomic E-state index is 0.393. The SMILES string of the molecule is N#CC1(N)CCCC1CCN1CCC(N2CCOCC2)C1. The molecule has 0 radical (unpaired) electrons. The van der Waals surface area contributed by atoms with E-state index in [9.17, 15) is 5.26 Å². The molecule has 2 heterocycles. The Bertz CT molecular complexity index is 390. The summed E-state index contributed by atoms with van der Waals surface area (Å²) in [4.78, 5) is 5.15. The summed E-state index contributed by atoms with van der Waals surface area (Å²) < 4.78 is 5.44. The summed E-state index contributed by atoms with van der Waals surface area (Å²) >= 11 is 0. The van der Waals surface area contributed by atoms with Gasteiger partial charge in [-0.1, -0.05) is 6.42 Å². The van der Waals surface area contributed by atoms with Gasteiger partial charge in [0.25, 0.3) is 0 Å². The Morgan fingerprint density at radius 2 is 2.05 bits per heavy atom. The predicted molar refractivity (Wildman–Crippen MR) is 81.7 cm³/mol. The molecule has 1 saturated carbocycles. The van der Waals surface area contributed by atoms with E-state index in [1.165, 1.54) is 19.5 Å². The summed E-state index contributed by atoms with van der Waals surface area (Å²) in [6.07, 6.45) is 5.48. The molecule has 0 bridgehead atoms. The highest BCUT2D eigenvalue weighted by atomic mass is 16.5. The molecule has 0 aromatic carbocycles. The second-order valence-corrected chi connectivity index (χ2v) is 6.92. The lowest BCUT2D eigenvalue weighted by molar-refractivity contribution is 0.0184. The third-order valence-corrected chi connectivity index (χ3v) is 5.68. The van der Waals surface area contributed by atoms with Crippen LogP contribution in [0.2, 0.25) is 0 Å². The van der Waals surface area contributed by atoms with E-state index < -0.39 is 5.54 Å². The predicted octanol–water partition coefficient (Wildman–Crippen LogP) is 0.804. The largest absolute Gasteiger partial charge is 0.379 e. The zero-order valence-electron chi connectivity index (χ0n) is 13.0. The van der Waals surface area contributed by atoms with E-state index in [0.29, 0.717) is 12.0 Å². The number of hydrogen-bond donors (Lipinski definition) is 1. The highest BCUT2D eigenvalue weighted by Gasteiger charge is 2.40. The summed E-state index contributed by atoms with van der Waals surface area (Å²) in [6.45, 7) is 7.41. The first-order valence-electron chi connectivity index (χ1n) is 8.45. The molecule has 0 amide bonds. The van der Waals surface area contributed by atoms with Gasteiger partial charge >= 0.3 is 0 Å². The molecule has 1 aliphatic carbocycles. The van der Waals surface area contributed by atoms with E-state index in [4.69, 9.17) is 10.5 Å². The number of nitrogens with zero attached hydrogens (tertiary/aromatic N) is 3. The average molecular weight is 292 g/mol. The van der Waals surface area contributed by atoms with Gasteiger partial charge < -0.3 is 15.4 Å². The molecule has 3 rings (SSSR count). The van der Waals surface area contributed by atoms with Crippen molar-refractivity contribution in [2.24, 2.45) is 11.7 Å². The van der Waals surface area contributed by atoms with E-state index in [1.807, 2.05) is 0 Å². The van der Waals surface area contributed by atoms with Crippen LogP contribution in [-0.2, 0) is 4.74 Å². The second-order valence-electron chi connectivity index (χ2n) is 6.92. The molecule has 2 N–H and O–H groups in total. The van der Waals surface area contributed by atoms with E-state index >= 15 is 0 Å². The molecular weight excluding hydrogens is 264 g/mol. The van der Waals surface area contributed by atoms with Gasteiger partial charge in [0.05, 0.1) is 19.3 Å². The smallest absolute Gasteiger partial charge is 0.107 e. The Hall–Kier alpha value is -0.670. The van der Waals surface area contributed by atoms with Crippen LogP contribution < -0.4 is 5.73 Å². The van der Waals surface area contributed by atoms with Crippen molar-refractivity contribution in [3.63, 3.8) is 0 Å². The molecular formula is C16H28N4O. The molecule has 0 aromatic heterocycles. The van der Waals surface area contributed by atoms with E-state index in [0.717, 1.165) is 58.5 Å². The van der Waals surface area contributed by atoms with Crippen LogP contribution in [0.15, 0.2) is 0 Å². The van der Waals surface area contributed by atoms with Crippen molar-refractivity contribution in [3.05, 3.63) is 0 Å². The summed E-state index contributed by atoms with van der Waals surface area (Å²) in [5.74, 6) is 0.393. The molecule has 21 heavy (non-hydrogen) atoms. The molecule has 2 saturated heterocycles. The molecule has 5 heteroatoms. The monoisotopic (exact) mass is 292 g/mol. The zero-order valence-corrected chi connectivity index (χ0v) is 13.0. The van der Waals surface area contributed by atoms with Crippen molar-refractivity contribution in [2.75, 3.05) is 45.9 Å². The first-order chi connectivity index (χ1) is 10.2.